The molecule has 0 bridgehead atoms. The van der Waals surface area contributed by atoms with E-state index in [1.807, 2.05) is 0 Å². The molecule has 0 heterocycles. The Balaban J connectivity index is -0.00000001000. The summed E-state index contributed by atoms with van der Waals surface area (Å²) in [5.74, 6) is 0. The quantitative estimate of drug-likeness (QED) is 0.316. The minimum atomic E-state index is -1.08. The zero-order chi connectivity index (χ0) is 8.12. The van der Waals surface area contributed by atoms with Gasteiger partial charge in [0.15, 0.2) is 0 Å². The summed E-state index contributed by atoms with van der Waals surface area (Å²) in [5.41, 5.74) is 0. The Kier molecular flexibility index (Phi) is 211. The van der Waals surface area contributed by atoms with Crippen LogP contribution in [0.3, 0.4) is 0 Å². The first-order valence-corrected chi connectivity index (χ1v) is 3.29. The molecule has 0 aliphatic heterocycles. The van der Waals surface area contributed by atoms with E-state index in [-0.39, 0.29) is 79.9 Å². The van der Waals surface area contributed by atoms with E-state index in [1.54, 1.807) is 0 Å². The standard InChI is InChI=1S/K.Mg.3HO2P.H2O/c;;3*1-3-2;/h;;3*(H,1,2);1H2/q+1;+2;;;;/p-3. The molecule has 0 unspecified atom stereocenters. The second-order valence-corrected chi connectivity index (χ2v) is 0.671. The maximum Gasteiger partial charge on any atom is 2.00 e. The van der Waals surface area contributed by atoms with Crippen molar-refractivity contribution in [2.24, 2.45) is 0 Å². The molecule has 12 heavy (non-hydrogen) atoms. The van der Waals surface area contributed by atoms with E-state index in [0.717, 1.165) is 0 Å². The van der Waals surface area contributed by atoms with Crippen LogP contribution in [0.15, 0.2) is 0 Å². The normalized spacial score (nSPS) is 5.25. The molecule has 0 aromatic heterocycles. The van der Waals surface area contributed by atoms with Gasteiger partial charge in [-0.05, 0) is 0 Å². The molecule has 0 rings (SSSR count). The molecule has 0 atom stereocenters. The van der Waals surface area contributed by atoms with Crippen LogP contribution in [0.5, 0.6) is 0 Å². The summed E-state index contributed by atoms with van der Waals surface area (Å²) in [5, 5.41) is 0. The topological polar surface area (TPSA) is 152 Å². The second kappa shape index (κ2) is 69.4. The number of rotatable bonds is 0. The molecule has 0 saturated heterocycles. The van der Waals surface area contributed by atoms with Gasteiger partial charge < -0.3 is 20.2 Å². The summed E-state index contributed by atoms with van der Waals surface area (Å²) >= 11 is 0. The van der Waals surface area contributed by atoms with Gasteiger partial charge in [-0.3, -0.25) is 13.7 Å². The van der Waals surface area contributed by atoms with E-state index >= 15 is 0 Å². The van der Waals surface area contributed by atoms with Crippen LogP contribution in [0.1, 0.15) is 0 Å². The van der Waals surface area contributed by atoms with Gasteiger partial charge in [0.2, 0.25) is 0 Å². The monoisotopic (exact) mass is 270 g/mol. The molecule has 0 aliphatic carbocycles. The number of hydrogen-bond acceptors (Lipinski definition) is 6. The van der Waals surface area contributed by atoms with Crippen molar-refractivity contribution in [3.63, 3.8) is 0 Å². The van der Waals surface area contributed by atoms with Crippen LogP contribution in [0, 0.1) is 0 Å². The minimum absolute atomic E-state index is 0. The van der Waals surface area contributed by atoms with E-state index in [1.165, 1.54) is 0 Å². The third-order valence-corrected chi connectivity index (χ3v) is 0. The summed E-state index contributed by atoms with van der Waals surface area (Å²) in [6, 6.07) is 0. The maximum absolute atomic E-state index is 8.35. The fraction of sp³-hybridized carbons (Fsp3) is 0. The summed E-state index contributed by atoms with van der Waals surface area (Å²) in [4.78, 5) is 25.0. The third kappa shape index (κ3) is 258. The van der Waals surface area contributed by atoms with Gasteiger partial charge in [0.05, 0.1) is 26.1 Å². The molecule has 62 valence electrons. The van der Waals surface area contributed by atoms with E-state index < -0.39 is 26.1 Å². The molecule has 0 radical (unpaired) electrons. The first kappa shape index (κ1) is 36.5. The molecular formula is H2KMgO7P3. The van der Waals surface area contributed by atoms with E-state index in [2.05, 4.69) is 0 Å². The molecular weight excluding hydrogens is 268 g/mol. The molecule has 7 nitrogen and oxygen atoms in total. The summed E-state index contributed by atoms with van der Waals surface area (Å²) in [7, 11) is -3.25. The van der Waals surface area contributed by atoms with Crippen molar-refractivity contribution in [1.29, 1.82) is 0 Å². The Morgan fingerprint density at radius 2 is 0.750 bits per heavy atom. The molecule has 0 spiro atoms. The summed E-state index contributed by atoms with van der Waals surface area (Å²) in [6.45, 7) is 0. The van der Waals surface area contributed by atoms with Crippen LogP contribution >= 0.6 is 26.1 Å². The SMILES string of the molecule is O.O=P[O-].O=P[O-].O=P[O-].[K+].[Mg+2]. The average molecular weight is 270 g/mol. The Morgan fingerprint density at radius 3 is 0.750 bits per heavy atom. The predicted molar refractivity (Wildman–Crippen MR) is 32.2 cm³/mol. The Hall–Kier alpha value is 2.54. The van der Waals surface area contributed by atoms with Crippen LogP contribution in [-0.4, -0.2) is 28.5 Å². The van der Waals surface area contributed by atoms with Crippen molar-refractivity contribution < 1.29 is 85.2 Å². The van der Waals surface area contributed by atoms with Gasteiger partial charge in [0.1, 0.15) is 0 Å². The molecule has 0 aliphatic rings. The largest absolute Gasteiger partial charge is 2.00 e. The third-order valence-electron chi connectivity index (χ3n) is 0. The molecule has 0 saturated carbocycles. The minimum Gasteiger partial charge on any atom is -0.772 e. The fourth-order valence-corrected chi connectivity index (χ4v) is 0. The van der Waals surface area contributed by atoms with Gasteiger partial charge >= 0.3 is 74.4 Å². The van der Waals surface area contributed by atoms with Gasteiger partial charge in [-0.1, -0.05) is 0 Å². The van der Waals surface area contributed by atoms with Crippen LogP contribution in [0.25, 0.3) is 0 Å². The van der Waals surface area contributed by atoms with E-state index in [0.29, 0.717) is 0 Å². The first-order valence-electron chi connectivity index (χ1n) is 1.10. The zero-order valence-electron chi connectivity index (χ0n) is 6.00. The Labute approximate surface area is 132 Å². The predicted octanol–water partition coefficient (Wildman–Crippen LogP) is -5.54. The number of hydrogen-bond donors (Lipinski definition) is 0. The second-order valence-electron chi connectivity index (χ2n) is 0.224. The first-order chi connectivity index (χ1) is 4.24. The molecule has 0 aromatic carbocycles. The van der Waals surface area contributed by atoms with Gasteiger partial charge in [-0.25, -0.2) is 0 Å². The van der Waals surface area contributed by atoms with Crippen molar-refractivity contribution >= 4 is 49.1 Å². The fourth-order valence-electron chi connectivity index (χ4n) is 0. The van der Waals surface area contributed by atoms with Crippen molar-refractivity contribution in [1.82, 2.24) is 0 Å². The van der Waals surface area contributed by atoms with Gasteiger partial charge in [-0.2, -0.15) is 0 Å². The zero-order valence-corrected chi connectivity index (χ0v) is 13.2. The van der Waals surface area contributed by atoms with Gasteiger partial charge in [0, 0.05) is 0 Å². The Morgan fingerprint density at radius 1 is 0.750 bits per heavy atom. The Bertz CT molecular complexity index is 55.4. The van der Waals surface area contributed by atoms with E-state index in [4.69, 9.17) is 28.4 Å². The van der Waals surface area contributed by atoms with Gasteiger partial charge in [0.25, 0.3) is 0 Å². The van der Waals surface area contributed by atoms with Crippen molar-refractivity contribution in [3.8, 4) is 0 Å². The van der Waals surface area contributed by atoms with Crippen LogP contribution < -0.4 is 66.1 Å². The summed E-state index contributed by atoms with van der Waals surface area (Å²) < 4.78 is 25.0. The van der Waals surface area contributed by atoms with Crippen molar-refractivity contribution in [3.05, 3.63) is 0 Å². The molecule has 0 aromatic rings. The van der Waals surface area contributed by atoms with Crippen LogP contribution in [0.4, 0.5) is 0 Å². The maximum atomic E-state index is 8.35. The van der Waals surface area contributed by atoms with Gasteiger partial charge in [-0.15, -0.1) is 0 Å². The van der Waals surface area contributed by atoms with Crippen LogP contribution in [0.2, 0.25) is 0 Å². The van der Waals surface area contributed by atoms with Crippen molar-refractivity contribution in [2.75, 3.05) is 0 Å². The molecule has 0 fully saturated rings. The molecule has 2 N–H and O–H groups in total. The van der Waals surface area contributed by atoms with E-state index in [9.17, 15) is 0 Å². The average Bonchev–Trinajstić information content (AvgIpc) is 1.70. The van der Waals surface area contributed by atoms with Crippen LogP contribution in [-0.2, 0) is 13.7 Å². The van der Waals surface area contributed by atoms with Crippen molar-refractivity contribution in [2.45, 2.75) is 0 Å². The molecule has 12 heteroatoms. The molecule has 0 amide bonds. The smallest absolute Gasteiger partial charge is 0.772 e. The summed E-state index contributed by atoms with van der Waals surface area (Å²) in [6.07, 6.45) is 0.